The average Bonchev–Trinajstić information content (AvgIpc) is 2.67. The van der Waals surface area contributed by atoms with Crippen molar-refractivity contribution in [1.29, 1.82) is 0 Å². The summed E-state index contributed by atoms with van der Waals surface area (Å²) in [4.78, 5) is 22.7. The van der Waals surface area contributed by atoms with E-state index in [1.807, 2.05) is 0 Å². The van der Waals surface area contributed by atoms with Crippen LogP contribution < -0.4 is 10.6 Å². The number of amides is 2. The summed E-state index contributed by atoms with van der Waals surface area (Å²) < 4.78 is 0. The summed E-state index contributed by atoms with van der Waals surface area (Å²) in [5, 5.41) is 14.9. The molecule has 0 saturated heterocycles. The van der Waals surface area contributed by atoms with E-state index in [4.69, 9.17) is 5.11 Å². The minimum atomic E-state index is -0.742. The third-order valence-corrected chi connectivity index (χ3v) is 4.31. The minimum Gasteiger partial charge on any atom is -0.481 e. The molecule has 0 radical (unpaired) electrons. The van der Waals surface area contributed by atoms with Gasteiger partial charge in [0.15, 0.2) is 0 Å². The van der Waals surface area contributed by atoms with Gasteiger partial charge in [0.2, 0.25) is 0 Å². The third-order valence-electron chi connectivity index (χ3n) is 4.31. The summed E-state index contributed by atoms with van der Waals surface area (Å²) in [6.45, 7) is 0. The van der Waals surface area contributed by atoms with Gasteiger partial charge in [-0.1, -0.05) is 25.7 Å². The molecule has 19 heavy (non-hydrogen) atoms. The lowest BCUT2D eigenvalue weighted by Gasteiger charge is -2.19. The van der Waals surface area contributed by atoms with E-state index in [1.54, 1.807) is 0 Å². The maximum Gasteiger partial charge on any atom is 0.315 e. The van der Waals surface area contributed by atoms with Gasteiger partial charge in [-0.05, 0) is 32.1 Å². The van der Waals surface area contributed by atoms with E-state index in [1.165, 1.54) is 25.7 Å². The second-order valence-corrected chi connectivity index (χ2v) is 5.85. The lowest BCUT2D eigenvalue weighted by Crippen LogP contribution is -2.45. The van der Waals surface area contributed by atoms with Crippen LogP contribution in [-0.4, -0.2) is 29.2 Å². The van der Waals surface area contributed by atoms with Crippen molar-refractivity contribution in [3.05, 3.63) is 0 Å². The predicted molar refractivity (Wildman–Crippen MR) is 71.9 cm³/mol. The van der Waals surface area contributed by atoms with E-state index in [0.29, 0.717) is 18.9 Å². The number of carboxylic acids is 1. The van der Waals surface area contributed by atoms with E-state index in [-0.39, 0.29) is 18.0 Å². The van der Waals surface area contributed by atoms with Crippen LogP contribution in [0.3, 0.4) is 0 Å². The minimum absolute atomic E-state index is 0.0203. The van der Waals surface area contributed by atoms with Crippen molar-refractivity contribution in [3.63, 3.8) is 0 Å². The molecule has 0 heterocycles. The van der Waals surface area contributed by atoms with Crippen molar-refractivity contribution in [2.45, 2.75) is 69.9 Å². The molecule has 0 aromatic heterocycles. The predicted octanol–water partition coefficient (Wildman–Crippen LogP) is 2.26. The van der Waals surface area contributed by atoms with Gasteiger partial charge in [-0.2, -0.15) is 0 Å². The number of carbonyl (C=O) groups excluding carboxylic acids is 1. The van der Waals surface area contributed by atoms with Gasteiger partial charge in [0.25, 0.3) is 0 Å². The summed E-state index contributed by atoms with van der Waals surface area (Å²) in [6, 6.07) is 0.189. The SMILES string of the molecule is O=C(NC1CCCCCC1)N[C@H]1CC[C@@H](C(=O)O)C1. The first-order chi connectivity index (χ1) is 9.15. The Kier molecular flexibility index (Phi) is 5.05. The smallest absolute Gasteiger partial charge is 0.315 e. The molecule has 108 valence electrons. The Hall–Kier alpha value is -1.26. The number of hydrogen-bond donors (Lipinski definition) is 3. The van der Waals surface area contributed by atoms with Gasteiger partial charge in [-0.15, -0.1) is 0 Å². The van der Waals surface area contributed by atoms with Crippen LogP contribution >= 0.6 is 0 Å². The number of carbonyl (C=O) groups is 2. The fraction of sp³-hybridized carbons (Fsp3) is 0.857. The summed E-state index contributed by atoms with van der Waals surface area (Å²) in [7, 11) is 0. The third kappa shape index (κ3) is 4.40. The zero-order valence-corrected chi connectivity index (χ0v) is 11.4. The quantitative estimate of drug-likeness (QED) is 0.687. The van der Waals surface area contributed by atoms with Crippen molar-refractivity contribution in [3.8, 4) is 0 Å². The van der Waals surface area contributed by atoms with E-state index >= 15 is 0 Å². The van der Waals surface area contributed by atoms with Crippen LogP contribution in [0.5, 0.6) is 0 Å². The lowest BCUT2D eigenvalue weighted by molar-refractivity contribution is -0.141. The monoisotopic (exact) mass is 268 g/mol. The molecule has 2 saturated carbocycles. The lowest BCUT2D eigenvalue weighted by atomic mass is 10.1. The average molecular weight is 268 g/mol. The van der Waals surface area contributed by atoms with E-state index in [2.05, 4.69) is 10.6 Å². The van der Waals surface area contributed by atoms with E-state index in [0.717, 1.165) is 19.3 Å². The summed E-state index contributed by atoms with van der Waals surface area (Å²) in [5.41, 5.74) is 0. The van der Waals surface area contributed by atoms with Crippen LogP contribution in [0.25, 0.3) is 0 Å². The number of urea groups is 1. The Morgan fingerprint density at radius 3 is 2.05 bits per heavy atom. The Morgan fingerprint density at radius 1 is 0.842 bits per heavy atom. The van der Waals surface area contributed by atoms with Crippen LogP contribution in [0, 0.1) is 5.92 Å². The van der Waals surface area contributed by atoms with Gasteiger partial charge < -0.3 is 15.7 Å². The zero-order valence-electron chi connectivity index (χ0n) is 11.4. The molecule has 0 unspecified atom stereocenters. The molecule has 2 aliphatic rings. The van der Waals surface area contributed by atoms with Gasteiger partial charge in [0, 0.05) is 12.1 Å². The van der Waals surface area contributed by atoms with Crippen LogP contribution in [-0.2, 0) is 4.79 Å². The first kappa shape index (κ1) is 14.2. The fourth-order valence-corrected chi connectivity index (χ4v) is 3.17. The molecule has 0 aromatic rings. The fourth-order valence-electron chi connectivity index (χ4n) is 3.17. The maximum atomic E-state index is 11.9. The summed E-state index contributed by atoms with van der Waals surface area (Å²) in [5.74, 6) is -1.03. The van der Waals surface area contributed by atoms with Gasteiger partial charge >= 0.3 is 12.0 Å². The molecule has 5 nitrogen and oxygen atoms in total. The van der Waals surface area contributed by atoms with Crippen LogP contribution in [0.1, 0.15) is 57.8 Å². The molecule has 2 atom stereocenters. The Bertz CT molecular complexity index is 325. The largest absolute Gasteiger partial charge is 0.481 e. The molecular formula is C14H24N2O3. The van der Waals surface area contributed by atoms with Crippen molar-refractivity contribution in [1.82, 2.24) is 10.6 Å². The van der Waals surface area contributed by atoms with E-state index in [9.17, 15) is 9.59 Å². The van der Waals surface area contributed by atoms with Crippen LogP contribution in [0.2, 0.25) is 0 Å². The molecule has 0 spiro atoms. The first-order valence-corrected chi connectivity index (χ1v) is 7.45. The normalized spacial score (nSPS) is 28.6. The van der Waals surface area contributed by atoms with Gasteiger partial charge in [0.05, 0.1) is 5.92 Å². The van der Waals surface area contributed by atoms with Crippen molar-refractivity contribution in [2.24, 2.45) is 5.92 Å². The highest BCUT2D eigenvalue weighted by Crippen LogP contribution is 2.25. The van der Waals surface area contributed by atoms with Gasteiger partial charge in [-0.3, -0.25) is 4.79 Å². The Balaban J connectivity index is 1.71. The molecule has 2 rings (SSSR count). The standard InChI is InChI=1S/C14H24N2O3/c17-13(18)10-7-8-12(9-10)16-14(19)15-11-5-3-1-2-4-6-11/h10-12H,1-9H2,(H,17,18)(H2,15,16,19)/t10-,12+/m1/s1. The van der Waals surface area contributed by atoms with Crippen molar-refractivity contribution in [2.75, 3.05) is 0 Å². The molecule has 0 bridgehead atoms. The summed E-state index contributed by atoms with van der Waals surface area (Å²) >= 11 is 0. The van der Waals surface area contributed by atoms with Crippen LogP contribution in [0.15, 0.2) is 0 Å². The number of nitrogens with one attached hydrogen (secondary N) is 2. The molecule has 0 aromatic carbocycles. The van der Waals surface area contributed by atoms with E-state index < -0.39 is 5.97 Å². The van der Waals surface area contributed by atoms with Gasteiger partial charge in [0.1, 0.15) is 0 Å². The molecule has 5 heteroatoms. The summed E-state index contributed by atoms with van der Waals surface area (Å²) in [6.07, 6.45) is 9.05. The topological polar surface area (TPSA) is 78.4 Å². The number of rotatable bonds is 3. The number of carboxylic acid groups (broad SMARTS) is 1. The first-order valence-electron chi connectivity index (χ1n) is 7.45. The second-order valence-electron chi connectivity index (χ2n) is 5.85. The molecular weight excluding hydrogens is 244 g/mol. The maximum absolute atomic E-state index is 11.9. The van der Waals surface area contributed by atoms with Gasteiger partial charge in [-0.25, -0.2) is 4.79 Å². The molecule has 0 aliphatic heterocycles. The highest BCUT2D eigenvalue weighted by atomic mass is 16.4. The van der Waals surface area contributed by atoms with Crippen molar-refractivity contribution < 1.29 is 14.7 Å². The Labute approximate surface area is 114 Å². The Morgan fingerprint density at radius 2 is 1.47 bits per heavy atom. The molecule has 3 N–H and O–H groups in total. The molecule has 2 amide bonds. The highest BCUT2D eigenvalue weighted by Gasteiger charge is 2.30. The van der Waals surface area contributed by atoms with Crippen molar-refractivity contribution >= 4 is 12.0 Å². The number of hydrogen-bond acceptors (Lipinski definition) is 2. The van der Waals surface area contributed by atoms with Crippen LogP contribution in [0.4, 0.5) is 4.79 Å². The molecule has 2 fully saturated rings. The zero-order chi connectivity index (χ0) is 13.7. The molecule has 2 aliphatic carbocycles. The number of aliphatic carboxylic acids is 1. The highest BCUT2D eigenvalue weighted by molar-refractivity contribution is 5.75. The second kappa shape index (κ2) is 6.78.